The van der Waals surface area contributed by atoms with E-state index < -0.39 is 5.41 Å². The van der Waals surface area contributed by atoms with Gasteiger partial charge in [-0.1, -0.05) is 12.1 Å². The molecule has 0 radical (unpaired) electrons. The van der Waals surface area contributed by atoms with E-state index in [1.807, 2.05) is 32.0 Å². The highest BCUT2D eigenvalue weighted by atomic mass is 16.5. The molecule has 0 saturated heterocycles. The quantitative estimate of drug-likeness (QED) is 0.333. The SMILES string of the molecule is CCNC(=NCc1ccc(C)cc1OCCOC)NCC(C)(C)C(N)=O. The van der Waals surface area contributed by atoms with Crippen molar-refractivity contribution < 1.29 is 14.3 Å². The number of carbonyl (C=O) groups is 1. The molecule has 0 fully saturated rings. The Morgan fingerprint density at radius 2 is 2.00 bits per heavy atom. The van der Waals surface area contributed by atoms with Crippen molar-refractivity contribution in [3.8, 4) is 5.75 Å². The number of nitrogens with two attached hydrogens (primary N) is 1. The molecule has 1 aromatic rings. The van der Waals surface area contributed by atoms with Crippen LogP contribution in [0.2, 0.25) is 0 Å². The molecule has 0 aliphatic heterocycles. The number of nitrogens with one attached hydrogen (secondary N) is 2. The number of ether oxygens (including phenoxy) is 2. The summed E-state index contributed by atoms with van der Waals surface area (Å²) in [7, 11) is 1.65. The first-order valence-corrected chi connectivity index (χ1v) is 8.83. The van der Waals surface area contributed by atoms with Gasteiger partial charge in [-0.05, 0) is 39.3 Å². The lowest BCUT2D eigenvalue weighted by molar-refractivity contribution is -0.125. The van der Waals surface area contributed by atoms with Crippen LogP contribution in [0.3, 0.4) is 0 Å². The summed E-state index contributed by atoms with van der Waals surface area (Å²) >= 11 is 0. The Bertz CT molecular complexity index is 615. The van der Waals surface area contributed by atoms with Crippen LogP contribution in [0.15, 0.2) is 23.2 Å². The lowest BCUT2D eigenvalue weighted by Crippen LogP contribution is -2.46. The fourth-order valence-corrected chi connectivity index (χ4v) is 2.06. The second kappa shape index (κ2) is 10.7. The Hall–Kier alpha value is -2.28. The van der Waals surface area contributed by atoms with Gasteiger partial charge in [0.15, 0.2) is 5.96 Å². The number of methoxy groups -OCH3 is 1. The number of carbonyl (C=O) groups excluding carboxylic acids is 1. The maximum atomic E-state index is 11.5. The molecule has 0 aliphatic rings. The van der Waals surface area contributed by atoms with Crippen molar-refractivity contribution in [2.45, 2.75) is 34.2 Å². The summed E-state index contributed by atoms with van der Waals surface area (Å²) in [6.07, 6.45) is 0. The molecular weight excluding hydrogens is 332 g/mol. The van der Waals surface area contributed by atoms with Crippen LogP contribution >= 0.6 is 0 Å². The molecule has 0 unspecified atom stereocenters. The molecule has 1 rings (SSSR count). The van der Waals surface area contributed by atoms with Gasteiger partial charge in [-0.3, -0.25) is 4.79 Å². The van der Waals surface area contributed by atoms with Crippen molar-refractivity contribution in [1.29, 1.82) is 0 Å². The van der Waals surface area contributed by atoms with E-state index in [2.05, 4.69) is 15.6 Å². The zero-order valence-corrected chi connectivity index (χ0v) is 16.5. The molecule has 0 atom stereocenters. The number of hydrogen-bond donors (Lipinski definition) is 3. The number of hydrogen-bond acceptors (Lipinski definition) is 4. The van der Waals surface area contributed by atoms with Gasteiger partial charge in [0.25, 0.3) is 0 Å². The van der Waals surface area contributed by atoms with Crippen molar-refractivity contribution in [3.05, 3.63) is 29.3 Å². The van der Waals surface area contributed by atoms with E-state index in [9.17, 15) is 4.79 Å². The van der Waals surface area contributed by atoms with E-state index in [0.717, 1.165) is 16.9 Å². The summed E-state index contributed by atoms with van der Waals surface area (Å²) in [4.78, 5) is 16.1. The molecule has 0 aliphatic carbocycles. The van der Waals surface area contributed by atoms with Crippen LogP contribution in [0, 0.1) is 12.3 Å². The lowest BCUT2D eigenvalue weighted by Gasteiger charge is -2.22. The van der Waals surface area contributed by atoms with Crippen LogP contribution in [0.1, 0.15) is 31.9 Å². The molecule has 0 bridgehead atoms. The number of rotatable bonds is 10. The van der Waals surface area contributed by atoms with Gasteiger partial charge >= 0.3 is 0 Å². The normalized spacial score (nSPS) is 12.0. The number of nitrogens with zero attached hydrogens (tertiary/aromatic N) is 1. The Morgan fingerprint density at radius 3 is 2.62 bits per heavy atom. The summed E-state index contributed by atoms with van der Waals surface area (Å²) in [6.45, 7) is 10.2. The summed E-state index contributed by atoms with van der Waals surface area (Å²) < 4.78 is 10.8. The average molecular weight is 364 g/mol. The van der Waals surface area contributed by atoms with E-state index in [1.54, 1.807) is 21.0 Å². The maximum Gasteiger partial charge on any atom is 0.224 e. The molecule has 0 spiro atoms. The van der Waals surface area contributed by atoms with Crippen molar-refractivity contribution in [2.75, 3.05) is 33.4 Å². The van der Waals surface area contributed by atoms with Crippen molar-refractivity contribution in [3.63, 3.8) is 0 Å². The fourth-order valence-electron chi connectivity index (χ4n) is 2.06. The van der Waals surface area contributed by atoms with E-state index in [-0.39, 0.29) is 5.91 Å². The summed E-state index contributed by atoms with van der Waals surface area (Å²) in [6, 6.07) is 6.04. The highest BCUT2D eigenvalue weighted by Gasteiger charge is 2.24. The molecule has 7 heteroatoms. The molecule has 4 N–H and O–H groups in total. The molecule has 0 saturated carbocycles. The fraction of sp³-hybridized carbons (Fsp3) is 0.579. The standard InChI is InChI=1S/C19H32N4O3/c1-6-21-18(23-13-19(3,4)17(20)24)22-12-15-8-7-14(2)11-16(15)26-10-9-25-5/h7-8,11H,6,9-10,12-13H2,1-5H3,(H2,20,24)(H2,21,22,23). The predicted molar refractivity (Wildman–Crippen MR) is 104 cm³/mol. The first-order valence-electron chi connectivity index (χ1n) is 8.83. The average Bonchev–Trinajstić information content (AvgIpc) is 2.58. The Labute approximate surface area is 156 Å². The zero-order chi connectivity index (χ0) is 19.6. The Morgan fingerprint density at radius 1 is 1.27 bits per heavy atom. The van der Waals surface area contributed by atoms with E-state index >= 15 is 0 Å². The van der Waals surface area contributed by atoms with Gasteiger partial charge in [-0.15, -0.1) is 0 Å². The van der Waals surface area contributed by atoms with Crippen molar-refractivity contribution >= 4 is 11.9 Å². The van der Waals surface area contributed by atoms with Gasteiger partial charge in [-0.2, -0.15) is 0 Å². The molecule has 26 heavy (non-hydrogen) atoms. The van der Waals surface area contributed by atoms with Crippen LogP contribution in [0.4, 0.5) is 0 Å². The number of amides is 1. The zero-order valence-electron chi connectivity index (χ0n) is 16.5. The molecule has 0 heterocycles. The highest BCUT2D eigenvalue weighted by Crippen LogP contribution is 2.21. The van der Waals surface area contributed by atoms with Crippen LogP contribution in [-0.4, -0.2) is 45.3 Å². The predicted octanol–water partition coefficient (Wildman–Crippen LogP) is 1.59. The highest BCUT2D eigenvalue weighted by molar-refractivity contribution is 5.83. The van der Waals surface area contributed by atoms with Gasteiger partial charge < -0.3 is 25.8 Å². The number of primary amides is 1. The number of guanidine groups is 1. The molecular formula is C19H32N4O3. The number of aryl methyl sites for hydroxylation is 1. The summed E-state index contributed by atoms with van der Waals surface area (Å²) in [5.74, 6) is 1.08. The lowest BCUT2D eigenvalue weighted by atomic mass is 9.93. The molecule has 1 aromatic carbocycles. The molecule has 0 aromatic heterocycles. The first kappa shape index (κ1) is 21.8. The minimum Gasteiger partial charge on any atom is -0.491 e. The van der Waals surface area contributed by atoms with Crippen LogP contribution in [-0.2, 0) is 16.1 Å². The number of aliphatic imine (C=N–C) groups is 1. The van der Waals surface area contributed by atoms with Crippen LogP contribution < -0.4 is 21.1 Å². The Balaban J connectivity index is 2.84. The van der Waals surface area contributed by atoms with Gasteiger partial charge in [0, 0.05) is 25.8 Å². The minimum atomic E-state index is -0.658. The second-order valence-corrected chi connectivity index (χ2v) is 6.75. The monoisotopic (exact) mass is 364 g/mol. The van der Waals surface area contributed by atoms with Crippen molar-refractivity contribution in [2.24, 2.45) is 16.1 Å². The van der Waals surface area contributed by atoms with Crippen molar-refractivity contribution in [1.82, 2.24) is 10.6 Å². The first-order chi connectivity index (χ1) is 12.3. The minimum absolute atomic E-state index is 0.354. The van der Waals surface area contributed by atoms with E-state index in [4.69, 9.17) is 15.2 Å². The summed E-state index contributed by atoms with van der Waals surface area (Å²) in [5, 5.41) is 6.35. The maximum absolute atomic E-state index is 11.5. The summed E-state index contributed by atoms with van der Waals surface area (Å²) in [5.41, 5.74) is 6.87. The molecule has 146 valence electrons. The second-order valence-electron chi connectivity index (χ2n) is 6.75. The van der Waals surface area contributed by atoms with Gasteiger partial charge in [0.05, 0.1) is 18.6 Å². The Kier molecular flexibility index (Phi) is 8.92. The van der Waals surface area contributed by atoms with Gasteiger partial charge in [0.2, 0.25) is 5.91 Å². The molecule has 7 nitrogen and oxygen atoms in total. The third-order valence-corrected chi connectivity index (χ3v) is 3.88. The third kappa shape index (κ3) is 7.31. The smallest absolute Gasteiger partial charge is 0.224 e. The third-order valence-electron chi connectivity index (χ3n) is 3.88. The van der Waals surface area contributed by atoms with E-state index in [0.29, 0.717) is 38.8 Å². The largest absolute Gasteiger partial charge is 0.491 e. The van der Waals surface area contributed by atoms with E-state index in [1.165, 1.54) is 0 Å². The van der Waals surface area contributed by atoms with Crippen LogP contribution in [0.25, 0.3) is 0 Å². The van der Waals surface area contributed by atoms with Crippen LogP contribution in [0.5, 0.6) is 5.75 Å². The number of benzene rings is 1. The van der Waals surface area contributed by atoms with Gasteiger partial charge in [-0.25, -0.2) is 4.99 Å². The molecule has 1 amide bonds. The van der Waals surface area contributed by atoms with Gasteiger partial charge in [0.1, 0.15) is 12.4 Å². The topological polar surface area (TPSA) is 98.0 Å².